The first-order valence-corrected chi connectivity index (χ1v) is 7.92. The molecule has 0 spiro atoms. The Morgan fingerprint density at radius 2 is 1.90 bits per heavy atom. The highest BCUT2D eigenvalue weighted by atomic mass is 16.3. The van der Waals surface area contributed by atoms with Crippen LogP contribution in [-0.2, 0) is 6.54 Å². The fraction of sp³-hybridized carbons (Fsp3) is 0.368. The molecule has 2 aromatic rings. The standard InChI is InChI=1S/C19H21NO/c21-16-8-9-17-15-7-4-10-20(19(11-15)18(17)12-16)13-14-5-2-1-3-6-14/h1-3,5-6,8-9,12,15,19,21H,4,7,10-11,13H2/t15-,19+/m0/s1. The second kappa shape index (κ2) is 5.19. The van der Waals surface area contributed by atoms with E-state index < -0.39 is 0 Å². The lowest BCUT2D eigenvalue weighted by atomic mass is 9.96. The van der Waals surface area contributed by atoms with Gasteiger partial charge in [-0.15, -0.1) is 0 Å². The van der Waals surface area contributed by atoms with Crippen molar-refractivity contribution < 1.29 is 5.11 Å². The fourth-order valence-corrected chi connectivity index (χ4v) is 4.07. The highest BCUT2D eigenvalue weighted by Gasteiger charge is 2.36. The predicted molar refractivity (Wildman–Crippen MR) is 84.3 cm³/mol. The molecule has 0 amide bonds. The molecule has 0 saturated carbocycles. The van der Waals surface area contributed by atoms with E-state index in [4.69, 9.17) is 0 Å². The zero-order valence-corrected chi connectivity index (χ0v) is 12.2. The van der Waals surface area contributed by atoms with Crippen LogP contribution in [0, 0.1) is 0 Å². The number of hydrogen-bond donors (Lipinski definition) is 1. The average molecular weight is 279 g/mol. The summed E-state index contributed by atoms with van der Waals surface area (Å²) in [5, 5.41) is 9.84. The van der Waals surface area contributed by atoms with Crippen LogP contribution in [0.15, 0.2) is 48.5 Å². The molecule has 2 heteroatoms. The van der Waals surface area contributed by atoms with Crippen molar-refractivity contribution in [2.45, 2.75) is 37.8 Å². The molecule has 1 saturated heterocycles. The highest BCUT2D eigenvalue weighted by Crippen LogP contribution is 2.49. The van der Waals surface area contributed by atoms with Crippen LogP contribution >= 0.6 is 0 Å². The quantitative estimate of drug-likeness (QED) is 0.890. The SMILES string of the molecule is Oc1ccc2c(c1)[C@H]1C[C@@H]2CCCN1Cc1ccccc1. The number of phenols is 1. The zero-order chi connectivity index (χ0) is 14.2. The Hall–Kier alpha value is -1.80. The Balaban J connectivity index is 1.67. The van der Waals surface area contributed by atoms with Crippen molar-refractivity contribution in [2.24, 2.45) is 0 Å². The van der Waals surface area contributed by atoms with Crippen molar-refractivity contribution in [3.8, 4) is 5.75 Å². The Morgan fingerprint density at radius 1 is 1.05 bits per heavy atom. The van der Waals surface area contributed by atoms with Gasteiger partial charge >= 0.3 is 0 Å². The van der Waals surface area contributed by atoms with E-state index in [1.54, 1.807) is 0 Å². The Morgan fingerprint density at radius 3 is 2.76 bits per heavy atom. The molecule has 1 fully saturated rings. The number of phenolic OH excluding ortho intramolecular Hbond substituents is 1. The zero-order valence-electron chi connectivity index (χ0n) is 12.2. The van der Waals surface area contributed by atoms with Gasteiger partial charge in [-0.05, 0) is 60.5 Å². The third kappa shape index (κ3) is 2.34. The number of fused-ring (bicyclic) bond motifs is 5. The van der Waals surface area contributed by atoms with Gasteiger partial charge in [0, 0.05) is 12.6 Å². The Bertz CT molecular complexity index is 637. The van der Waals surface area contributed by atoms with Crippen molar-refractivity contribution in [1.29, 1.82) is 0 Å². The lowest BCUT2D eigenvalue weighted by Gasteiger charge is -2.29. The molecule has 0 aromatic heterocycles. The summed E-state index contributed by atoms with van der Waals surface area (Å²) in [6.07, 6.45) is 3.76. The minimum Gasteiger partial charge on any atom is -0.508 e. The molecule has 21 heavy (non-hydrogen) atoms. The normalized spacial score (nSPS) is 24.6. The monoisotopic (exact) mass is 279 g/mol. The van der Waals surface area contributed by atoms with Crippen molar-refractivity contribution >= 4 is 0 Å². The van der Waals surface area contributed by atoms with Crippen LogP contribution in [0.25, 0.3) is 0 Å². The lowest BCUT2D eigenvalue weighted by Crippen LogP contribution is -2.27. The van der Waals surface area contributed by atoms with Crippen molar-refractivity contribution in [2.75, 3.05) is 6.54 Å². The van der Waals surface area contributed by atoms with Gasteiger partial charge in [-0.1, -0.05) is 36.4 Å². The van der Waals surface area contributed by atoms with Gasteiger partial charge < -0.3 is 5.11 Å². The summed E-state index contributed by atoms with van der Waals surface area (Å²) in [4.78, 5) is 2.60. The summed E-state index contributed by atoms with van der Waals surface area (Å²) in [6.45, 7) is 2.17. The molecule has 2 aromatic carbocycles. The van der Waals surface area contributed by atoms with Gasteiger partial charge in [0.25, 0.3) is 0 Å². The van der Waals surface area contributed by atoms with Gasteiger partial charge in [0.15, 0.2) is 0 Å². The molecule has 2 bridgehead atoms. The lowest BCUT2D eigenvalue weighted by molar-refractivity contribution is 0.197. The molecule has 108 valence electrons. The summed E-state index contributed by atoms with van der Waals surface area (Å²) in [5.74, 6) is 1.09. The highest BCUT2D eigenvalue weighted by molar-refractivity contribution is 5.43. The first-order valence-electron chi connectivity index (χ1n) is 7.92. The molecular formula is C19H21NO. The van der Waals surface area contributed by atoms with Gasteiger partial charge in [0.1, 0.15) is 5.75 Å². The van der Waals surface area contributed by atoms with E-state index in [1.807, 2.05) is 12.1 Å². The summed E-state index contributed by atoms with van der Waals surface area (Å²) in [6, 6.07) is 17.2. The predicted octanol–water partition coefficient (Wildman–Crippen LogP) is 4.22. The smallest absolute Gasteiger partial charge is 0.115 e. The Labute approximate surface area is 126 Å². The van der Waals surface area contributed by atoms with E-state index >= 15 is 0 Å². The van der Waals surface area contributed by atoms with Crippen LogP contribution < -0.4 is 0 Å². The van der Waals surface area contributed by atoms with Gasteiger partial charge in [-0.25, -0.2) is 0 Å². The first-order chi connectivity index (χ1) is 10.3. The van der Waals surface area contributed by atoms with E-state index in [2.05, 4.69) is 41.3 Å². The molecule has 1 heterocycles. The van der Waals surface area contributed by atoms with E-state index in [0.29, 0.717) is 17.7 Å². The van der Waals surface area contributed by atoms with Crippen LogP contribution in [0.4, 0.5) is 0 Å². The molecule has 0 radical (unpaired) electrons. The van der Waals surface area contributed by atoms with Crippen LogP contribution in [0.3, 0.4) is 0 Å². The molecule has 2 nitrogen and oxygen atoms in total. The molecule has 4 rings (SSSR count). The van der Waals surface area contributed by atoms with Crippen LogP contribution in [0.2, 0.25) is 0 Å². The van der Waals surface area contributed by atoms with Gasteiger partial charge in [-0.2, -0.15) is 0 Å². The largest absolute Gasteiger partial charge is 0.508 e. The Kier molecular flexibility index (Phi) is 3.19. The maximum absolute atomic E-state index is 9.84. The molecule has 1 aliphatic carbocycles. The maximum Gasteiger partial charge on any atom is 0.115 e. The van der Waals surface area contributed by atoms with Crippen LogP contribution in [0.5, 0.6) is 5.75 Å². The first kappa shape index (κ1) is 12.9. The van der Waals surface area contributed by atoms with Crippen molar-refractivity contribution in [3.63, 3.8) is 0 Å². The summed E-state index contributed by atoms with van der Waals surface area (Å²) < 4.78 is 0. The third-order valence-corrected chi connectivity index (χ3v) is 5.04. The second-order valence-electron chi connectivity index (χ2n) is 6.36. The number of benzene rings is 2. The molecule has 1 aliphatic heterocycles. The number of nitrogens with zero attached hydrogens (tertiary/aromatic N) is 1. The van der Waals surface area contributed by atoms with Crippen LogP contribution in [-0.4, -0.2) is 16.6 Å². The summed E-state index contributed by atoms with van der Waals surface area (Å²) in [5.41, 5.74) is 4.20. The number of hydrogen-bond acceptors (Lipinski definition) is 2. The van der Waals surface area contributed by atoms with Gasteiger partial charge in [-0.3, -0.25) is 4.90 Å². The van der Waals surface area contributed by atoms with Gasteiger partial charge in [0.2, 0.25) is 0 Å². The fourth-order valence-electron chi connectivity index (χ4n) is 4.07. The number of aromatic hydroxyl groups is 1. The van der Waals surface area contributed by atoms with Crippen molar-refractivity contribution in [3.05, 3.63) is 65.2 Å². The number of rotatable bonds is 2. The number of likely N-dealkylation sites (tertiary alicyclic amines) is 1. The van der Waals surface area contributed by atoms with E-state index in [1.165, 1.54) is 36.0 Å². The molecule has 2 aliphatic rings. The van der Waals surface area contributed by atoms with E-state index in [-0.39, 0.29) is 0 Å². The van der Waals surface area contributed by atoms with Gasteiger partial charge in [0.05, 0.1) is 0 Å². The maximum atomic E-state index is 9.84. The van der Waals surface area contributed by atoms with E-state index in [0.717, 1.165) is 13.1 Å². The second-order valence-corrected chi connectivity index (χ2v) is 6.36. The minimum atomic E-state index is 0.402. The molecular weight excluding hydrogens is 258 g/mol. The topological polar surface area (TPSA) is 23.5 Å². The summed E-state index contributed by atoms with van der Waals surface area (Å²) in [7, 11) is 0. The summed E-state index contributed by atoms with van der Waals surface area (Å²) >= 11 is 0. The van der Waals surface area contributed by atoms with E-state index in [9.17, 15) is 5.11 Å². The average Bonchev–Trinajstić information content (AvgIpc) is 2.71. The van der Waals surface area contributed by atoms with Crippen LogP contribution in [0.1, 0.15) is 47.9 Å². The van der Waals surface area contributed by atoms with Crippen molar-refractivity contribution in [1.82, 2.24) is 4.90 Å². The molecule has 2 atom stereocenters. The molecule has 0 unspecified atom stereocenters. The molecule has 1 N–H and O–H groups in total. The minimum absolute atomic E-state index is 0.402. The third-order valence-electron chi connectivity index (χ3n) is 5.04.